The Labute approximate surface area is 79.7 Å². The van der Waals surface area contributed by atoms with Gasteiger partial charge < -0.3 is 9.84 Å². The molecule has 1 saturated heterocycles. The van der Waals surface area contributed by atoms with Gasteiger partial charge in [0.05, 0.1) is 19.8 Å². The van der Waals surface area contributed by atoms with Crippen molar-refractivity contribution in [1.82, 2.24) is 4.90 Å². The number of hydrogen-bond donors (Lipinski definition) is 1. The van der Waals surface area contributed by atoms with Gasteiger partial charge in [-0.25, -0.2) is 0 Å². The molecule has 3 heteroatoms. The van der Waals surface area contributed by atoms with Gasteiger partial charge in [-0.15, -0.1) is 0 Å². The highest BCUT2D eigenvalue weighted by Gasteiger charge is 2.36. The average Bonchev–Trinajstić information content (AvgIpc) is 2.73. The zero-order valence-corrected chi connectivity index (χ0v) is 8.11. The van der Waals surface area contributed by atoms with Crippen molar-refractivity contribution in [3.63, 3.8) is 0 Å². The number of hydrogen-bond acceptors (Lipinski definition) is 3. The van der Waals surface area contributed by atoms with E-state index in [1.807, 2.05) is 0 Å². The minimum absolute atomic E-state index is 0.145. The summed E-state index contributed by atoms with van der Waals surface area (Å²) < 4.78 is 5.26. The minimum Gasteiger partial charge on any atom is -0.394 e. The summed E-state index contributed by atoms with van der Waals surface area (Å²) >= 11 is 0. The van der Waals surface area contributed by atoms with Crippen molar-refractivity contribution in [2.75, 3.05) is 32.9 Å². The molecule has 1 aliphatic heterocycles. The SMILES string of the molecule is OCCOCCN1C[C@@H]2CC[C@H]1C2. The van der Waals surface area contributed by atoms with E-state index in [9.17, 15) is 0 Å². The van der Waals surface area contributed by atoms with E-state index in [0.29, 0.717) is 6.61 Å². The minimum atomic E-state index is 0.145. The number of fused-ring (bicyclic) bond motifs is 2. The quantitative estimate of drug-likeness (QED) is 0.632. The lowest BCUT2D eigenvalue weighted by atomic mass is 10.1. The van der Waals surface area contributed by atoms with Gasteiger partial charge >= 0.3 is 0 Å². The second-order valence-corrected chi connectivity index (χ2v) is 4.16. The summed E-state index contributed by atoms with van der Waals surface area (Å²) in [6.07, 6.45) is 4.25. The number of nitrogens with zero attached hydrogens (tertiary/aromatic N) is 1. The lowest BCUT2D eigenvalue weighted by molar-refractivity contribution is 0.0666. The largest absolute Gasteiger partial charge is 0.394 e. The summed E-state index contributed by atoms with van der Waals surface area (Å²) in [6.45, 7) is 3.76. The first-order valence-electron chi connectivity index (χ1n) is 5.33. The number of piperidine rings is 1. The second-order valence-electron chi connectivity index (χ2n) is 4.16. The Morgan fingerprint density at radius 1 is 1.31 bits per heavy atom. The smallest absolute Gasteiger partial charge is 0.0698 e. The second kappa shape index (κ2) is 4.40. The molecule has 2 rings (SSSR count). The molecule has 2 bridgehead atoms. The van der Waals surface area contributed by atoms with Gasteiger partial charge in [-0.05, 0) is 25.2 Å². The predicted octanol–water partition coefficient (Wildman–Crippen LogP) is 0.480. The molecular weight excluding hydrogens is 166 g/mol. The average molecular weight is 185 g/mol. The molecule has 0 radical (unpaired) electrons. The fraction of sp³-hybridized carbons (Fsp3) is 1.00. The molecule has 2 atom stereocenters. The predicted molar refractivity (Wildman–Crippen MR) is 50.6 cm³/mol. The lowest BCUT2D eigenvalue weighted by Crippen LogP contribution is -2.34. The van der Waals surface area contributed by atoms with Crippen LogP contribution < -0.4 is 0 Å². The van der Waals surface area contributed by atoms with Gasteiger partial charge in [0.1, 0.15) is 0 Å². The molecule has 0 spiro atoms. The van der Waals surface area contributed by atoms with E-state index in [1.165, 1.54) is 25.8 Å². The van der Waals surface area contributed by atoms with Crippen LogP contribution >= 0.6 is 0 Å². The van der Waals surface area contributed by atoms with Crippen LogP contribution in [0.5, 0.6) is 0 Å². The van der Waals surface area contributed by atoms with E-state index in [0.717, 1.165) is 25.1 Å². The van der Waals surface area contributed by atoms with Crippen LogP contribution in [0.4, 0.5) is 0 Å². The van der Waals surface area contributed by atoms with Gasteiger partial charge in [0.25, 0.3) is 0 Å². The Morgan fingerprint density at radius 2 is 2.23 bits per heavy atom. The van der Waals surface area contributed by atoms with E-state index < -0.39 is 0 Å². The molecule has 1 saturated carbocycles. The monoisotopic (exact) mass is 185 g/mol. The van der Waals surface area contributed by atoms with Crippen LogP contribution in [0.25, 0.3) is 0 Å². The van der Waals surface area contributed by atoms with E-state index in [4.69, 9.17) is 9.84 Å². The third-order valence-electron chi connectivity index (χ3n) is 3.28. The molecule has 0 aromatic heterocycles. The fourth-order valence-electron chi connectivity index (χ4n) is 2.65. The fourth-order valence-corrected chi connectivity index (χ4v) is 2.65. The highest BCUT2D eigenvalue weighted by atomic mass is 16.5. The first kappa shape index (κ1) is 9.44. The van der Waals surface area contributed by atoms with E-state index in [1.54, 1.807) is 0 Å². The lowest BCUT2D eigenvalue weighted by Gasteiger charge is -2.26. The molecule has 0 unspecified atom stereocenters. The molecule has 13 heavy (non-hydrogen) atoms. The molecule has 1 aliphatic carbocycles. The number of aliphatic hydroxyl groups excluding tert-OH is 1. The summed E-state index contributed by atoms with van der Waals surface area (Å²) in [4.78, 5) is 2.55. The number of ether oxygens (including phenoxy) is 1. The molecule has 1 N–H and O–H groups in total. The van der Waals surface area contributed by atoms with Crippen LogP contribution in [0, 0.1) is 5.92 Å². The van der Waals surface area contributed by atoms with Crippen LogP contribution in [0.2, 0.25) is 0 Å². The highest BCUT2D eigenvalue weighted by Crippen LogP contribution is 2.36. The molecule has 0 aromatic carbocycles. The maximum absolute atomic E-state index is 8.52. The topological polar surface area (TPSA) is 32.7 Å². The van der Waals surface area contributed by atoms with E-state index in [-0.39, 0.29) is 6.61 Å². The zero-order valence-electron chi connectivity index (χ0n) is 8.11. The maximum atomic E-state index is 8.52. The Kier molecular flexibility index (Phi) is 3.19. The normalized spacial score (nSPS) is 33.0. The van der Waals surface area contributed by atoms with Crippen molar-refractivity contribution in [2.45, 2.75) is 25.3 Å². The maximum Gasteiger partial charge on any atom is 0.0698 e. The van der Waals surface area contributed by atoms with Gasteiger partial charge in [-0.1, -0.05) is 0 Å². The molecule has 76 valence electrons. The molecule has 0 amide bonds. The van der Waals surface area contributed by atoms with Crippen LogP contribution in [0.1, 0.15) is 19.3 Å². The molecule has 1 heterocycles. The summed E-state index contributed by atoms with van der Waals surface area (Å²) in [5, 5.41) is 8.52. The van der Waals surface area contributed by atoms with Gasteiger partial charge in [-0.2, -0.15) is 0 Å². The van der Waals surface area contributed by atoms with Gasteiger partial charge in [0.2, 0.25) is 0 Å². The summed E-state index contributed by atoms with van der Waals surface area (Å²) in [5.41, 5.74) is 0. The number of likely N-dealkylation sites (tertiary alicyclic amines) is 1. The Balaban J connectivity index is 1.60. The van der Waals surface area contributed by atoms with Crippen LogP contribution in [0.3, 0.4) is 0 Å². The Hall–Kier alpha value is -0.120. The Morgan fingerprint density at radius 3 is 2.85 bits per heavy atom. The van der Waals surface area contributed by atoms with Crippen LogP contribution in [-0.4, -0.2) is 49.0 Å². The van der Waals surface area contributed by atoms with Crippen molar-refractivity contribution in [3.05, 3.63) is 0 Å². The first-order valence-corrected chi connectivity index (χ1v) is 5.33. The number of aliphatic hydroxyl groups is 1. The zero-order chi connectivity index (χ0) is 9.10. The standard InChI is InChI=1S/C10H19NO2/c12-4-6-13-5-3-11-8-9-1-2-10(11)7-9/h9-10,12H,1-8H2/t9-,10+/m1/s1. The van der Waals surface area contributed by atoms with Gasteiger partial charge in [-0.3, -0.25) is 4.90 Å². The number of rotatable bonds is 5. The van der Waals surface area contributed by atoms with Gasteiger partial charge in [0, 0.05) is 19.1 Å². The van der Waals surface area contributed by atoms with E-state index in [2.05, 4.69) is 4.90 Å². The first-order chi connectivity index (χ1) is 6.40. The molecule has 0 aromatic rings. The van der Waals surface area contributed by atoms with Crippen molar-refractivity contribution in [2.24, 2.45) is 5.92 Å². The third-order valence-corrected chi connectivity index (χ3v) is 3.28. The molecule has 2 aliphatic rings. The van der Waals surface area contributed by atoms with Gasteiger partial charge in [0.15, 0.2) is 0 Å². The molecule has 3 nitrogen and oxygen atoms in total. The summed E-state index contributed by atoms with van der Waals surface area (Å²) in [7, 11) is 0. The van der Waals surface area contributed by atoms with E-state index >= 15 is 0 Å². The van der Waals surface area contributed by atoms with Crippen molar-refractivity contribution >= 4 is 0 Å². The van der Waals surface area contributed by atoms with Crippen molar-refractivity contribution in [1.29, 1.82) is 0 Å². The Bertz CT molecular complexity index is 163. The van der Waals surface area contributed by atoms with Crippen molar-refractivity contribution in [3.8, 4) is 0 Å². The van der Waals surface area contributed by atoms with Crippen LogP contribution in [0.15, 0.2) is 0 Å². The summed E-state index contributed by atoms with van der Waals surface area (Å²) in [6, 6.07) is 0.850. The van der Waals surface area contributed by atoms with Crippen molar-refractivity contribution < 1.29 is 9.84 Å². The highest BCUT2D eigenvalue weighted by molar-refractivity contribution is 4.91. The van der Waals surface area contributed by atoms with Crippen LogP contribution in [-0.2, 0) is 4.74 Å². The third kappa shape index (κ3) is 2.22. The molecular formula is C10H19NO2. The summed E-state index contributed by atoms with van der Waals surface area (Å²) in [5.74, 6) is 0.975. The molecule has 2 fully saturated rings.